The molecule has 0 bridgehead atoms. The van der Waals surface area contributed by atoms with E-state index in [1.807, 2.05) is 68.4 Å². The monoisotopic (exact) mass is 423 g/mol. The number of carbonyl (C=O) groups excluding carboxylic acids is 2. The van der Waals surface area contributed by atoms with Gasteiger partial charge in [-0.05, 0) is 23.3 Å². The number of methoxy groups -OCH3 is 2. The molecule has 1 atom stereocenters. The maximum atomic E-state index is 13.3. The largest absolute Gasteiger partial charge is 0.497 e. The van der Waals surface area contributed by atoms with Gasteiger partial charge >= 0.3 is 5.97 Å². The van der Waals surface area contributed by atoms with Crippen molar-refractivity contribution in [3.63, 3.8) is 0 Å². The second-order valence-electron chi connectivity index (χ2n) is 8.17. The summed E-state index contributed by atoms with van der Waals surface area (Å²) in [5, 5.41) is 0. The number of hydrogen-bond acceptors (Lipinski definition) is 5. The minimum Gasteiger partial charge on any atom is -0.497 e. The van der Waals surface area contributed by atoms with Crippen molar-refractivity contribution in [2.45, 2.75) is 32.5 Å². The van der Waals surface area contributed by atoms with Crippen molar-refractivity contribution < 1.29 is 23.8 Å². The first-order chi connectivity index (χ1) is 14.8. The zero-order valence-electron chi connectivity index (χ0n) is 18.5. The van der Waals surface area contributed by atoms with Gasteiger partial charge in [-0.2, -0.15) is 0 Å². The van der Waals surface area contributed by atoms with E-state index in [9.17, 15) is 9.59 Å². The van der Waals surface area contributed by atoms with Crippen molar-refractivity contribution in [1.82, 2.24) is 4.90 Å². The molecule has 0 N–H and O–H groups in total. The molecule has 2 aromatic rings. The summed E-state index contributed by atoms with van der Waals surface area (Å²) in [7, 11) is 2.92. The number of esters is 1. The van der Waals surface area contributed by atoms with Crippen LogP contribution in [-0.4, -0.2) is 43.1 Å². The number of carbonyl (C=O) groups is 2. The van der Waals surface area contributed by atoms with E-state index in [1.165, 1.54) is 12.0 Å². The molecule has 1 heterocycles. The molecule has 0 spiro atoms. The van der Waals surface area contributed by atoms with Gasteiger partial charge in [0.1, 0.15) is 5.75 Å². The second kappa shape index (κ2) is 8.94. The van der Waals surface area contributed by atoms with Crippen LogP contribution in [0.25, 0.3) is 0 Å². The van der Waals surface area contributed by atoms with E-state index < -0.39 is 16.9 Å². The Kier molecular flexibility index (Phi) is 6.51. The Balaban J connectivity index is 1.96. The summed E-state index contributed by atoms with van der Waals surface area (Å²) in [4.78, 5) is 28.0. The van der Waals surface area contributed by atoms with Crippen LogP contribution < -0.4 is 4.74 Å². The van der Waals surface area contributed by atoms with Crippen LogP contribution >= 0.6 is 0 Å². The molecule has 0 radical (unpaired) electrons. The van der Waals surface area contributed by atoms with E-state index in [2.05, 4.69) is 6.58 Å². The molecule has 2 aromatic carbocycles. The van der Waals surface area contributed by atoms with Crippen LogP contribution in [0.15, 0.2) is 66.7 Å². The molecular weight excluding hydrogens is 394 g/mol. The summed E-state index contributed by atoms with van der Waals surface area (Å²) < 4.78 is 16.4. The van der Waals surface area contributed by atoms with E-state index in [0.29, 0.717) is 17.9 Å². The SMILES string of the molecule is C=C1C(=O)N(Cc2ccc(OC)cc2)C(COCc2ccccc2)(C(=O)OC)C1(C)C. The zero-order valence-corrected chi connectivity index (χ0v) is 18.5. The van der Waals surface area contributed by atoms with Gasteiger partial charge in [0, 0.05) is 17.5 Å². The number of ether oxygens (including phenoxy) is 3. The van der Waals surface area contributed by atoms with Crippen LogP contribution in [0, 0.1) is 5.41 Å². The lowest BCUT2D eigenvalue weighted by atomic mass is 9.71. The number of hydrogen-bond donors (Lipinski definition) is 0. The summed E-state index contributed by atoms with van der Waals surface area (Å²) >= 11 is 0. The average Bonchev–Trinajstić information content (AvgIpc) is 2.93. The number of amides is 1. The van der Waals surface area contributed by atoms with E-state index in [-0.39, 0.29) is 19.1 Å². The smallest absolute Gasteiger partial charge is 0.335 e. The summed E-state index contributed by atoms with van der Waals surface area (Å²) in [5.41, 5.74) is -0.0406. The molecule has 0 aromatic heterocycles. The Bertz CT molecular complexity index is 952. The van der Waals surface area contributed by atoms with Crippen LogP contribution in [0.2, 0.25) is 0 Å². The highest BCUT2D eigenvalue weighted by atomic mass is 16.5. The third-order valence-electron chi connectivity index (χ3n) is 6.20. The fourth-order valence-corrected chi connectivity index (χ4v) is 4.05. The van der Waals surface area contributed by atoms with Crippen LogP contribution in [0.3, 0.4) is 0 Å². The lowest BCUT2D eigenvalue weighted by Gasteiger charge is -2.43. The van der Waals surface area contributed by atoms with Crippen molar-refractivity contribution in [2.24, 2.45) is 5.41 Å². The fraction of sp³-hybridized carbons (Fsp3) is 0.360. The van der Waals surface area contributed by atoms with Gasteiger partial charge < -0.3 is 19.1 Å². The summed E-state index contributed by atoms with van der Waals surface area (Å²) in [6.45, 7) is 8.20. The maximum absolute atomic E-state index is 13.3. The average molecular weight is 424 g/mol. The minimum absolute atomic E-state index is 0.0114. The van der Waals surface area contributed by atoms with Crippen molar-refractivity contribution in [3.8, 4) is 5.75 Å². The number of rotatable bonds is 8. The van der Waals surface area contributed by atoms with Gasteiger partial charge in [0.2, 0.25) is 0 Å². The van der Waals surface area contributed by atoms with Crippen LogP contribution in [0.1, 0.15) is 25.0 Å². The number of likely N-dealkylation sites (tertiary alicyclic amines) is 1. The Morgan fingerprint density at radius 2 is 1.65 bits per heavy atom. The predicted molar refractivity (Wildman–Crippen MR) is 117 cm³/mol. The summed E-state index contributed by atoms with van der Waals surface area (Å²) in [5.74, 6) is -0.0905. The van der Waals surface area contributed by atoms with E-state index in [0.717, 1.165) is 11.1 Å². The van der Waals surface area contributed by atoms with Gasteiger partial charge in [-0.15, -0.1) is 0 Å². The zero-order chi connectivity index (χ0) is 22.6. The molecule has 1 unspecified atom stereocenters. The lowest BCUT2D eigenvalue weighted by molar-refractivity contribution is -0.169. The topological polar surface area (TPSA) is 65.1 Å². The highest BCUT2D eigenvalue weighted by Crippen LogP contribution is 2.50. The number of nitrogens with zero attached hydrogens (tertiary/aromatic N) is 1. The van der Waals surface area contributed by atoms with Gasteiger partial charge in [-0.1, -0.05) is 62.9 Å². The van der Waals surface area contributed by atoms with E-state index >= 15 is 0 Å². The van der Waals surface area contributed by atoms with E-state index in [4.69, 9.17) is 14.2 Å². The molecule has 3 rings (SSSR count). The van der Waals surface area contributed by atoms with Crippen molar-refractivity contribution >= 4 is 11.9 Å². The third kappa shape index (κ3) is 3.95. The molecule has 1 amide bonds. The van der Waals surface area contributed by atoms with Crippen molar-refractivity contribution in [2.75, 3.05) is 20.8 Å². The molecule has 1 aliphatic heterocycles. The molecule has 31 heavy (non-hydrogen) atoms. The third-order valence-corrected chi connectivity index (χ3v) is 6.20. The Morgan fingerprint density at radius 3 is 2.23 bits per heavy atom. The Morgan fingerprint density at radius 1 is 1.00 bits per heavy atom. The summed E-state index contributed by atoms with van der Waals surface area (Å²) in [6.07, 6.45) is 0. The normalized spacial score (nSPS) is 20.1. The van der Waals surface area contributed by atoms with Crippen LogP contribution in [0.4, 0.5) is 0 Å². The maximum Gasteiger partial charge on any atom is 0.335 e. The quantitative estimate of drug-likeness (QED) is 0.478. The standard InChI is InChI=1S/C25H29NO5/c1-18-22(27)26(15-19-11-13-21(29-4)14-12-19)25(23(28)30-5,24(18,2)3)17-31-16-20-9-7-6-8-10-20/h6-14H,1,15-17H2,2-5H3. The highest BCUT2D eigenvalue weighted by molar-refractivity contribution is 6.04. The van der Waals surface area contributed by atoms with E-state index in [1.54, 1.807) is 7.11 Å². The molecule has 0 saturated carbocycles. The van der Waals surface area contributed by atoms with Crippen molar-refractivity contribution in [1.29, 1.82) is 0 Å². The van der Waals surface area contributed by atoms with Crippen LogP contribution in [-0.2, 0) is 32.2 Å². The molecule has 0 aliphatic carbocycles. The Hall–Kier alpha value is -3.12. The molecule has 1 aliphatic rings. The van der Waals surface area contributed by atoms with Gasteiger partial charge in [-0.25, -0.2) is 4.79 Å². The minimum atomic E-state index is -1.34. The van der Waals surface area contributed by atoms with Crippen molar-refractivity contribution in [3.05, 3.63) is 77.9 Å². The molecule has 6 nitrogen and oxygen atoms in total. The van der Waals surface area contributed by atoms with Gasteiger partial charge in [0.15, 0.2) is 5.54 Å². The lowest BCUT2D eigenvalue weighted by Crippen LogP contribution is -2.61. The first-order valence-electron chi connectivity index (χ1n) is 10.1. The molecule has 6 heteroatoms. The van der Waals surface area contributed by atoms with Gasteiger partial charge in [-0.3, -0.25) is 4.79 Å². The Labute approximate surface area is 183 Å². The molecule has 164 valence electrons. The predicted octanol–water partition coefficient (Wildman–Crippen LogP) is 3.75. The highest BCUT2D eigenvalue weighted by Gasteiger charge is 2.65. The fourth-order valence-electron chi connectivity index (χ4n) is 4.05. The summed E-state index contributed by atoms with van der Waals surface area (Å²) in [6, 6.07) is 17.1. The first-order valence-corrected chi connectivity index (χ1v) is 10.1. The second-order valence-corrected chi connectivity index (χ2v) is 8.17. The molecule has 1 saturated heterocycles. The molecular formula is C25H29NO5. The van der Waals surface area contributed by atoms with Gasteiger partial charge in [0.25, 0.3) is 5.91 Å². The number of benzene rings is 2. The van der Waals surface area contributed by atoms with Crippen LogP contribution in [0.5, 0.6) is 5.75 Å². The van der Waals surface area contributed by atoms with Gasteiger partial charge in [0.05, 0.1) is 27.4 Å². The molecule has 1 fully saturated rings. The first kappa shape index (κ1) is 22.6.